The van der Waals surface area contributed by atoms with Gasteiger partial charge in [-0.2, -0.15) is 9.78 Å². The van der Waals surface area contributed by atoms with Crippen LogP contribution < -0.4 is 5.56 Å². The number of nitrogens with zero attached hydrogens (tertiary/aromatic N) is 2. The minimum atomic E-state index is -0.523. The van der Waals surface area contributed by atoms with E-state index in [1.165, 1.54) is 10.7 Å². The number of carbonyl (C=O) groups excluding carboxylic acids is 1. The van der Waals surface area contributed by atoms with Crippen LogP contribution in [0.15, 0.2) is 41.2 Å². The van der Waals surface area contributed by atoms with Gasteiger partial charge in [0.15, 0.2) is 5.69 Å². The van der Waals surface area contributed by atoms with Gasteiger partial charge in [-0.1, -0.05) is 18.2 Å². The maximum Gasteiger partial charge on any atom is 0.359 e. The number of esters is 1. The largest absolute Gasteiger partial charge is 0.461 e. The fraction of sp³-hybridized carbons (Fsp3) is 0.214. The van der Waals surface area contributed by atoms with Gasteiger partial charge in [-0.25, -0.2) is 4.79 Å². The van der Waals surface area contributed by atoms with Crippen LogP contribution in [0.1, 0.15) is 23.0 Å². The molecular formula is C14H14N2O3. The van der Waals surface area contributed by atoms with Gasteiger partial charge in [0.1, 0.15) is 0 Å². The topological polar surface area (TPSA) is 61.2 Å². The summed E-state index contributed by atoms with van der Waals surface area (Å²) < 4.78 is 6.12. The average Bonchev–Trinajstić information content (AvgIpc) is 2.40. The summed E-state index contributed by atoms with van der Waals surface area (Å²) in [7, 11) is 0. The van der Waals surface area contributed by atoms with Gasteiger partial charge < -0.3 is 4.74 Å². The summed E-state index contributed by atoms with van der Waals surface area (Å²) in [5.74, 6) is -0.523. The first kappa shape index (κ1) is 13.0. The van der Waals surface area contributed by atoms with Crippen molar-refractivity contribution in [3.63, 3.8) is 0 Å². The fourth-order valence-corrected chi connectivity index (χ4v) is 1.70. The van der Waals surface area contributed by atoms with Crippen molar-refractivity contribution in [1.82, 2.24) is 9.78 Å². The first-order valence-electron chi connectivity index (χ1n) is 5.97. The second-order valence-corrected chi connectivity index (χ2v) is 3.98. The summed E-state index contributed by atoms with van der Waals surface area (Å²) in [6, 6.07) is 10.3. The van der Waals surface area contributed by atoms with Crippen LogP contribution in [0.4, 0.5) is 0 Å². The highest BCUT2D eigenvalue weighted by molar-refractivity contribution is 5.88. The maximum atomic E-state index is 11.9. The SMILES string of the molecule is CCOC(=O)c1nn(-c2ccccc2)c(=O)cc1C. The molecule has 0 fully saturated rings. The Kier molecular flexibility index (Phi) is 3.75. The third kappa shape index (κ3) is 2.70. The second kappa shape index (κ2) is 5.48. The summed E-state index contributed by atoms with van der Waals surface area (Å²) in [5.41, 5.74) is 0.996. The van der Waals surface area contributed by atoms with E-state index in [0.29, 0.717) is 11.3 Å². The van der Waals surface area contributed by atoms with Gasteiger partial charge >= 0.3 is 5.97 Å². The lowest BCUT2D eigenvalue weighted by atomic mass is 10.2. The van der Waals surface area contributed by atoms with Crippen molar-refractivity contribution in [3.05, 3.63) is 58.0 Å². The number of hydrogen-bond donors (Lipinski definition) is 0. The van der Waals surface area contributed by atoms with Crippen LogP contribution in [0.2, 0.25) is 0 Å². The van der Waals surface area contributed by atoms with Gasteiger partial charge in [-0.15, -0.1) is 0 Å². The average molecular weight is 258 g/mol. The first-order valence-corrected chi connectivity index (χ1v) is 5.97. The van der Waals surface area contributed by atoms with E-state index in [4.69, 9.17) is 4.74 Å². The van der Waals surface area contributed by atoms with Gasteiger partial charge in [0.25, 0.3) is 5.56 Å². The standard InChI is InChI=1S/C14H14N2O3/c1-3-19-14(18)13-10(2)9-12(17)16(15-13)11-7-5-4-6-8-11/h4-9H,3H2,1-2H3. The molecule has 5 heteroatoms. The molecule has 0 saturated heterocycles. The van der Waals surface area contributed by atoms with E-state index < -0.39 is 5.97 Å². The summed E-state index contributed by atoms with van der Waals surface area (Å²) in [6.45, 7) is 3.65. The highest BCUT2D eigenvalue weighted by Gasteiger charge is 2.15. The zero-order valence-electron chi connectivity index (χ0n) is 10.8. The van der Waals surface area contributed by atoms with E-state index in [2.05, 4.69) is 5.10 Å². The molecule has 0 spiro atoms. The van der Waals surface area contributed by atoms with Crippen LogP contribution in [0, 0.1) is 6.92 Å². The number of aromatic nitrogens is 2. The molecule has 0 bridgehead atoms. The van der Waals surface area contributed by atoms with Crippen LogP contribution >= 0.6 is 0 Å². The Morgan fingerprint density at radius 3 is 2.63 bits per heavy atom. The molecule has 1 aromatic carbocycles. The molecule has 0 saturated carbocycles. The zero-order valence-corrected chi connectivity index (χ0v) is 10.8. The minimum Gasteiger partial charge on any atom is -0.461 e. The Bertz CT molecular complexity index is 647. The Morgan fingerprint density at radius 1 is 1.32 bits per heavy atom. The van der Waals surface area contributed by atoms with Crippen molar-refractivity contribution in [2.24, 2.45) is 0 Å². The minimum absolute atomic E-state index is 0.158. The van der Waals surface area contributed by atoms with E-state index in [1.54, 1.807) is 38.1 Å². The molecule has 0 amide bonds. The zero-order chi connectivity index (χ0) is 13.8. The molecule has 19 heavy (non-hydrogen) atoms. The summed E-state index contributed by atoms with van der Waals surface area (Å²) >= 11 is 0. The van der Waals surface area contributed by atoms with E-state index in [0.717, 1.165) is 0 Å². The summed E-state index contributed by atoms with van der Waals surface area (Å²) in [4.78, 5) is 23.7. The number of benzene rings is 1. The summed E-state index contributed by atoms with van der Waals surface area (Å²) in [6.07, 6.45) is 0. The molecule has 98 valence electrons. The normalized spacial score (nSPS) is 10.2. The second-order valence-electron chi connectivity index (χ2n) is 3.98. The van der Waals surface area contributed by atoms with E-state index in [1.807, 2.05) is 6.07 Å². The van der Waals surface area contributed by atoms with Gasteiger partial charge in [0.05, 0.1) is 12.3 Å². The van der Waals surface area contributed by atoms with Crippen molar-refractivity contribution in [3.8, 4) is 5.69 Å². The van der Waals surface area contributed by atoms with E-state index in [-0.39, 0.29) is 17.9 Å². The molecule has 1 aromatic heterocycles. The van der Waals surface area contributed by atoms with Crippen LogP contribution in [0.25, 0.3) is 5.69 Å². The number of aryl methyl sites for hydroxylation is 1. The molecule has 1 heterocycles. The van der Waals surface area contributed by atoms with Crippen molar-refractivity contribution in [1.29, 1.82) is 0 Å². The molecule has 0 atom stereocenters. The number of hydrogen-bond acceptors (Lipinski definition) is 4. The quantitative estimate of drug-likeness (QED) is 0.786. The van der Waals surface area contributed by atoms with E-state index in [9.17, 15) is 9.59 Å². The lowest BCUT2D eigenvalue weighted by Gasteiger charge is -2.08. The van der Waals surface area contributed by atoms with Crippen LogP contribution in [0.5, 0.6) is 0 Å². The van der Waals surface area contributed by atoms with Crippen LogP contribution in [-0.4, -0.2) is 22.4 Å². The van der Waals surface area contributed by atoms with Crippen molar-refractivity contribution in [2.45, 2.75) is 13.8 Å². The number of ether oxygens (including phenoxy) is 1. The Morgan fingerprint density at radius 2 is 2.00 bits per heavy atom. The molecule has 2 aromatic rings. The Hall–Kier alpha value is -2.43. The third-order valence-electron chi connectivity index (χ3n) is 2.59. The van der Waals surface area contributed by atoms with E-state index >= 15 is 0 Å². The fourth-order valence-electron chi connectivity index (χ4n) is 1.70. The number of carbonyl (C=O) groups is 1. The molecule has 0 unspecified atom stereocenters. The van der Waals surface area contributed by atoms with Crippen molar-refractivity contribution in [2.75, 3.05) is 6.61 Å². The van der Waals surface area contributed by atoms with Gasteiger partial charge in [-0.05, 0) is 31.5 Å². The van der Waals surface area contributed by atoms with Crippen molar-refractivity contribution >= 4 is 5.97 Å². The summed E-state index contributed by atoms with van der Waals surface area (Å²) in [5, 5.41) is 4.09. The maximum absolute atomic E-state index is 11.9. The smallest absolute Gasteiger partial charge is 0.359 e. The molecule has 5 nitrogen and oxygen atoms in total. The molecule has 0 aliphatic rings. The number of rotatable bonds is 3. The van der Waals surface area contributed by atoms with Crippen molar-refractivity contribution < 1.29 is 9.53 Å². The predicted octanol–water partition coefficient (Wildman–Crippen LogP) is 1.72. The van der Waals surface area contributed by atoms with Gasteiger partial charge in [0, 0.05) is 6.07 Å². The van der Waals surface area contributed by atoms with Gasteiger partial charge in [-0.3, -0.25) is 4.79 Å². The highest BCUT2D eigenvalue weighted by atomic mass is 16.5. The molecule has 0 aliphatic heterocycles. The molecular weight excluding hydrogens is 244 g/mol. The molecule has 0 radical (unpaired) electrons. The number of para-hydroxylation sites is 1. The Labute approximate surface area is 110 Å². The monoisotopic (exact) mass is 258 g/mol. The van der Waals surface area contributed by atoms with Crippen LogP contribution in [0.3, 0.4) is 0 Å². The highest BCUT2D eigenvalue weighted by Crippen LogP contribution is 2.07. The molecule has 0 N–H and O–H groups in total. The predicted molar refractivity (Wildman–Crippen MR) is 70.5 cm³/mol. The van der Waals surface area contributed by atoms with Gasteiger partial charge in [0.2, 0.25) is 0 Å². The lowest BCUT2D eigenvalue weighted by molar-refractivity contribution is 0.0516. The lowest BCUT2D eigenvalue weighted by Crippen LogP contribution is -2.25. The van der Waals surface area contributed by atoms with Crippen LogP contribution in [-0.2, 0) is 4.74 Å². The third-order valence-corrected chi connectivity index (χ3v) is 2.59. The molecule has 2 rings (SSSR count). The molecule has 0 aliphatic carbocycles. The first-order chi connectivity index (χ1) is 9.13. The Balaban J connectivity index is 2.55.